The van der Waals surface area contributed by atoms with Gasteiger partial charge in [-0.15, -0.1) is 0 Å². The molecule has 1 amide bonds. The Morgan fingerprint density at radius 1 is 1.17 bits per heavy atom. The van der Waals surface area contributed by atoms with Gasteiger partial charge >= 0.3 is 0 Å². The van der Waals surface area contributed by atoms with Crippen LogP contribution in [0.2, 0.25) is 0 Å². The molecule has 2 aromatic carbocycles. The maximum atomic E-state index is 12.4. The third kappa shape index (κ3) is 4.49. The minimum absolute atomic E-state index is 0.0166. The van der Waals surface area contributed by atoms with Crippen molar-refractivity contribution in [1.29, 1.82) is 0 Å². The Morgan fingerprint density at radius 3 is 2.43 bits per heavy atom. The van der Waals surface area contributed by atoms with Gasteiger partial charge in [0.2, 0.25) is 5.91 Å². The SMILES string of the molecule is COc1ccc(NC(=O)CC(c2ccccc2)C(C)C)cc1N. The lowest BCUT2D eigenvalue weighted by molar-refractivity contribution is -0.116. The molecule has 0 heterocycles. The number of nitrogens with two attached hydrogens (primary N) is 1. The van der Waals surface area contributed by atoms with Gasteiger partial charge < -0.3 is 15.8 Å². The summed E-state index contributed by atoms with van der Waals surface area (Å²) in [7, 11) is 1.57. The summed E-state index contributed by atoms with van der Waals surface area (Å²) in [5, 5.41) is 2.91. The number of hydrogen-bond acceptors (Lipinski definition) is 3. The number of carbonyl (C=O) groups excluding carboxylic acids is 1. The van der Waals surface area contributed by atoms with Crippen molar-refractivity contribution in [3.8, 4) is 5.75 Å². The molecule has 0 radical (unpaired) electrons. The topological polar surface area (TPSA) is 64.3 Å². The van der Waals surface area contributed by atoms with E-state index in [1.54, 1.807) is 25.3 Å². The van der Waals surface area contributed by atoms with Crippen molar-refractivity contribution in [1.82, 2.24) is 0 Å². The predicted octanol–water partition coefficient (Wildman–Crippen LogP) is 4.05. The number of methoxy groups -OCH3 is 1. The molecule has 122 valence electrons. The van der Waals surface area contributed by atoms with Crippen molar-refractivity contribution >= 4 is 17.3 Å². The van der Waals surface area contributed by atoms with Crippen LogP contribution < -0.4 is 15.8 Å². The summed E-state index contributed by atoms with van der Waals surface area (Å²) in [5.41, 5.74) is 8.25. The van der Waals surface area contributed by atoms with Crippen molar-refractivity contribution in [3.63, 3.8) is 0 Å². The van der Waals surface area contributed by atoms with Gasteiger partial charge in [-0.1, -0.05) is 44.2 Å². The lowest BCUT2D eigenvalue weighted by Crippen LogP contribution is -2.18. The van der Waals surface area contributed by atoms with E-state index in [0.717, 1.165) is 0 Å². The smallest absolute Gasteiger partial charge is 0.224 e. The molecule has 0 aliphatic heterocycles. The minimum Gasteiger partial charge on any atom is -0.495 e. The molecular weight excluding hydrogens is 288 g/mol. The van der Waals surface area contributed by atoms with Crippen LogP contribution in [0.4, 0.5) is 11.4 Å². The maximum absolute atomic E-state index is 12.4. The van der Waals surface area contributed by atoms with Crippen LogP contribution >= 0.6 is 0 Å². The zero-order valence-corrected chi connectivity index (χ0v) is 13.9. The monoisotopic (exact) mass is 312 g/mol. The van der Waals surface area contributed by atoms with E-state index in [-0.39, 0.29) is 11.8 Å². The highest BCUT2D eigenvalue weighted by Crippen LogP contribution is 2.29. The number of benzene rings is 2. The summed E-state index contributed by atoms with van der Waals surface area (Å²) in [6, 6.07) is 15.4. The molecule has 0 saturated heterocycles. The third-order valence-electron chi connectivity index (χ3n) is 3.95. The van der Waals surface area contributed by atoms with Crippen LogP contribution in [0, 0.1) is 5.92 Å². The summed E-state index contributed by atoms with van der Waals surface area (Å²) in [4.78, 5) is 12.4. The number of ether oxygens (including phenoxy) is 1. The Hall–Kier alpha value is -2.49. The van der Waals surface area contributed by atoms with Crippen molar-refractivity contribution in [2.75, 3.05) is 18.2 Å². The van der Waals surface area contributed by atoms with E-state index in [1.807, 2.05) is 18.2 Å². The van der Waals surface area contributed by atoms with Crippen LogP contribution in [0.15, 0.2) is 48.5 Å². The molecule has 0 aliphatic carbocycles. The Bertz CT molecular complexity index is 654. The van der Waals surface area contributed by atoms with E-state index in [2.05, 4.69) is 31.3 Å². The summed E-state index contributed by atoms with van der Waals surface area (Å²) >= 11 is 0. The highest BCUT2D eigenvalue weighted by Gasteiger charge is 2.19. The molecule has 23 heavy (non-hydrogen) atoms. The highest BCUT2D eigenvalue weighted by atomic mass is 16.5. The van der Waals surface area contributed by atoms with Gasteiger partial charge in [0.05, 0.1) is 12.8 Å². The molecule has 0 bridgehead atoms. The first kappa shape index (κ1) is 16.9. The minimum atomic E-state index is -0.0166. The number of nitrogens with one attached hydrogen (secondary N) is 1. The fraction of sp³-hybridized carbons (Fsp3) is 0.316. The fourth-order valence-electron chi connectivity index (χ4n) is 2.66. The molecule has 0 fully saturated rings. The van der Waals surface area contributed by atoms with Crippen molar-refractivity contribution in [2.24, 2.45) is 5.92 Å². The Kier molecular flexibility index (Phi) is 5.63. The second-order valence-electron chi connectivity index (χ2n) is 5.97. The number of hydrogen-bond donors (Lipinski definition) is 2. The van der Waals surface area contributed by atoms with Gasteiger partial charge in [0.1, 0.15) is 5.75 Å². The molecule has 2 aromatic rings. The zero-order chi connectivity index (χ0) is 16.8. The van der Waals surface area contributed by atoms with Gasteiger partial charge in [0.25, 0.3) is 0 Å². The molecule has 4 heteroatoms. The van der Waals surface area contributed by atoms with Gasteiger partial charge in [-0.25, -0.2) is 0 Å². The van der Waals surface area contributed by atoms with Crippen LogP contribution in [-0.2, 0) is 4.79 Å². The number of anilines is 2. The Labute approximate surface area is 137 Å². The second-order valence-corrected chi connectivity index (χ2v) is 5.97. The molecule has 0 aliphatic rings. The van der Waals surface area contributed by atoms with Crippen LogP contribution in [0.25, 0.3) is 0 Å². The second kappa shape index (κ2) is 7.68. The predicted molar refractivity (Wildman–Crippen MR) is 94.7 cm³/mol. The fourth-order valence-corrected chi connectivity index (χ4v) is 2.66. The quantitative estimate of drug-likeness (QED) is 0.791. The average molecular weight is 312 g/mol. The summed E-state index contributed by atoms with van der Waals surface area (Å²) in [6.45, 7) is 4.27. The van der Waals surface area contributed by atoms with Crippen LogP contribution in [0.5, 0.6) is 5.75 Å². The van der Waals surface area contributed by atoms with Crippen molar-refractivity contribution in [2.45, 2.75) is 26.2 Å². The largest absolute Gasteiger partial charge is 0.495 e. The normalized spacial score (nSPS) is 12.0. The standard InChI is InChI=1S/C19H24N2O2/c1-13(2)16(14-7-5-4-6-8-14)12-19(22)21-15-9-10-18(23-3)17(20)11-15/h4-11,13,16H,12,20H2,1-3H3,(H,21,22). The van der Waals surface area contributed by atoms with Gasteiger partial charge in [0, 0.05) is 12.1 Å². The first-order valence-corrected chi connectivity index (χ1v) is 7.79. The molecule has 3 N–H and O–H groups in total. The molecule has 1 atom stereocenters. The molecule has 1 unspecified atom stereocenters. The van der Waals surface area contributed by atoms with Crippen molar-refractivity contribution < 1.29 is 9.53 Å². The van der Waals surface area contributed by atoms with Gasteiger partial charge in [0.15, 0.2) is 0 Å². The molecule has 2 rings (SSSR count). The first-order chi connectivity index (χ1) is 11.0. The van der Waals surface area contributed by atoms with Crippen LogP contribution in [0.3, 0.4) is 0 Å². The average Bonchev–Trinajstić information content (AvgIpc) is 2.53. The van der Waals surface area contributed by atoms with E-state index in [0.29, 0.717) is 29.5 Å². The molecule has 4 nitrogen and oxygen atoms in total. The van der Waals surface area contributed by atoms with Crippen LogP contribution in [-0.4, -0.2) is 13.0 Å². The summed E-state index contributed by atoms with van der Waals surface area (Å²) in [5.74, 6) is 1.15. The van der Waals surface area contributed by atoms with Gasteiger partial charge in [-0.2, -0.15) is 0 Å². The van der Waals surface area contributed by atoms with E-state index >= 15 is 0 Å². The number of carbonyl (C=O) groups is 1. The summed E-state index contributed by atoms with van der Waals surface area (Å²) in [6.07, 6.45) is 0.438. The molecular formula is C19H24N2O2. The molecule has 0 spiro atoms. The van der Waals surface area contributed by atoms with Crippen LogP contribution in [0.1, 0.15) is 31.7 Å². The van der Waals surface area contributed by atoms with E-state index in [4.69, 9.17) is 10.5 Å². The van der Waals surface area contributed by atoms with Crippen molar-refractivity contribution in [3.05, 3.63) is 54.1 Å². The number of nitrogen functional groups attached to an aromatic ring is 1. The van der Waals surface area contributed by atoms with Gasteiger partial charge in [-0.05, 0) is 35.6 Å². The summed E-state index contributed by atoms with van der Waals surface area (Å²) < 4.78 is 5.12. The van der Waals surface area contributed by atoms with E-state index in [1.165, 1.54) is 5.56 Å². The maximum Gasteiger partial charge on any atom is 0.224 e. The Morgan fingerprint density at radius 2 is 1.87 bits per heavy atom. The van der Waals surface area contributed by atoms with Gasteiger partial charge in [-0.3, -0.25) is 4.79 Å². The first-order valence-electron chi connectivity index (χ1n) is 7.79. The lowest BCUT2D eigenvalue weighted by atomic mass is 9.85. The van der Waals surface area contributed by atoms with E-state index in [9.17, 15) is 4.79 Å². The molecule has 0 aromatic heterocycles. The third-order valence-corrected chi connectivity index (χ3v) is 3.95. The Balaban J connectivity index is 2.06. The van der Waals surface area contributed by atoms with E-state index < -0.39 is 0 Å². The molecule has 0 saturated carbocycles. The highest BCUT2D eigenvalue weighted by molar-refractivity contribution is 5.92. The lowest BCUT2D eigenvalue weighted by Gasteiger charge is -2.21. The number of rotatable bonds is 6. The zero-order valence-electron chi connectivity index (χ0n) is 13.9. The number of amides is 1.